The second-order valence-electron chi connectivity index (χ2n) is 10.5. The summed E-state index contributed by atoms with van der Waals surface area (Å²) in [5.41, 5.74) is 15.6. The molecule has 2 aromatic carbocycles. The summed E-state index contributed by atoms with van der Waals surface area (Å²) < 4.78 is 0. The van der Waals surface area contributed by atoms with Crippen molar-refractivity contribution in [3.8, 4) is 0 Å². The van der Waals surface area contributed by atoms with Gasteiger partial charge in [0.05, 0.1) is 33.1 Å². The average molecular weight is 567 g/mol. The molecule has 3 aromatic heterocycles. The fraction of sp³-hybridized carbons (Fsp3) is 0.375. The topological polar surface area (TPSA) is 162 Å². The zero-order valence-corrected chi connectivity index (χ0v) is 23.9. The lowest BCUT2D eigenvalue weighted by atomic mass is 10.1. The third-order valence-electron chi connectivity index (χ3n) is 7.39. The van der Waals surface area contributed by atoms with Crippen LogP contribution >= 0.6 is 0 Å². The fourth-order valence-corrected chi connectivity index (χ4v) is 5.12. The number of unbranched alkanes of at least 4 members (excludes halogenated alkanes) is 6. The summed E-state index contributed by atoms with van der Waals surface area (Å²) in [4.78, 5) is 45.4. The first-order chi connectivity index (χ1) is 20.6. The lowest BCUT2D eigenvalue weighted by Crippen LogP contribution is -2.25. The van der Waals surface area contributed by atoms with Crippen molar-refractivity contribution in [3.63, 3.8) is 0 Å². The molecule has 10 heteroatoms. The summed E-state index contributed by atoms with van der Waals surface area (Å²) >= 11 is 0. The summed E-state index contributed by atoms with van der Waals surface area (Å²) in [7, 11) is 0. The van der Waals surface area contributed by atoms with Crippen molar-refractivity contribution in [3.05, 3.63) is 59.9 Å². The molecular weight excluding hydrogens is 528 g/mol. The Morgan fingerprint density at radius 1 is 0.524 bits per heavy atom. The number of benzene rings is 2. The predicted octanol–water partition coefficient (Wildman–Crippen LogP) is 4.38. The number of hydrogen-bond acceptors (Lipinski definition) is 8. The van der Waals surface area contributed by atoms with E-state index in [4.69, 9.17) is 31.4 Å². The average Bonchev–Trinajstić information content (AvgIpc) is 3.03. The van der Waals surface area contributed by atoms with Crippen LogP contribution in [0.15, 0.2) is 48.5 Å². The van der Waals surface area contributed by atoms with Gasteiger partial charge in [0.15, 0.2) is 0 Å². The summed E-state index contributed by atoms with van der Waals surface area (Å²) in [5.74, 6) is -0.505. The molecule has 218 valence electrons. The van der Waals surface area contributed by atoms with Crippen LogP contribution < -0.4 is 22.1 Å². The number of aromatic nitrogens is 4. The van der Waals surface area contributed by atoms with Crippen LogP contribution in [0.2, 0.25) is 0 Å². The molecule has 0 aliphatic rings. The van der Waals surface area contributed by atoms with Gasteiger partial charge in [0, 0.05) is 23.9 Å². The molecule has 0 bridgehead atoms. The van der Waals surface area contributed by atoms with E-state index in [0.29, 0.717) is 48.2 Å². The van der Waals surface area contributed by atoms with E-state index in [-0.39, 0.29) is 23.2 Å². The van der Waals surface area contributed by atoms with Crippen LogP contribution in [0.25, 0.3) is 43.9 Å². The van der Waals surface area contributed by atoms with Crippen molar-refractivity contribution in [1.29, 1.82) is 0 Å². The monoisotopic (exact) mass is 566 g/mol. The van der Waals surface area contributed by atoms with Crippen molar-refractivity contribution < 1.29 is 9.59 Å². The zero-order valence-electron chi connectivity index (χ0n) is 23.9. The maximum absolute atomic E-state index is 13.0. The molecule has 0 fully saturated rings. The second kappa shape index (κ2) is 14.1. The predicted molar refractivity (Wildman–Crippen MR) is 167 cm³/mol. The Kier molecular flexibility index (Phi) is 9.78. The Bertz CT molecular complexity index is 1600. The third kappa shape index (κ3) is 6.61. The van der Waals surface area contributed by atoms with Crippen LogP contribution in [-0.4, -0.2) is 57.9 Å². The lowest BCUT2D eigenvalue weighted by molar-refractivity contribution is 0.0940. The molecule has 5 aromatic rings. The smallest absolute Gasteiger partial charge is 0.269 e. The quantitative estimate of drug-likeness (QED) is 0.0875. The minimum atomic E-state index is -0.253. The van der Waals surface area contributed by atoms with E-state index >= 15 is 0 Å². The lowest BCUT2D eigenvalue weighted by Gasteiger charge is -2.12. The Morgan fingerprint density at radius 2 is 0.929 bits per heavy atom. The first kappa shape index (κ1) is 29.2. The molecule has 0 atom stereocenters. The largest absolute Gasteiger partial charge is 0.351 e. The van der Waals surface area contributed by atoms with Crippen LogP contribution in [0.1, 0.15) is 72.3 Å². The number of nitrogens with two attached hydrogens (primary N) is 2. The minimum absolute atomic E-state index is 0.253. The van der Waals surface area contributed by atoms with Gasteiger partial charge >= 0.3 is 0 Å². The maximum atomic E-state index is 13.0. The van der Waals surface area contributed by atoms with E-state index in [1.165, 1.54) is 0 Å². The first-order valence-corrected chi connectivity index (χ1v) is 14.9. The Hall–Kier alpha value is -4.28. The number of fused-ring (bicyclic) bond motifs is 7. The molecule has 5 rings (SSSR count). The van der Waals surface area contributed by atoms with E-state index < -0.39 is 0 Å². The van der Waals surface area contributed by atoms with E-state index in [1.54, 1.807) is 12.1 Å². The highest BCUT2D eigenvalue weighted by molar-refractivity contribution is 6.22. The van der Waals surface area contributed by atoms with E-state index in [9.17, 15) is 9.59 Å². The fourth-order valence-electron chi connectivity index (χ4n) is 5.12. The van der Waals surface area contributed by atoms with Gasteiger partial charge in [-0.05, 0) is 75.2 Å². The molecule has 0 saturated heterocycles. The molecule has 0 saturated carbocycles. The van der Waals surface area contributed by atoms with Crippen molar-refractivity contribution in [2.24, 2.45) is 11.5 Å². The van der Waals surface area contributed by atoms with E-state index in [1.807, 2.05) is 36.4 Å². The molecule has 6 N–H and O–H groups in total. The molecule has 0 unspecified atom stereocenters. The number of hydrogen-bond donors (Lipinski definition) is 4. The molecular formula is C32H38N8O2. The maximum Gasteiger partial charge on any atom is 0.269 e. The van der Waals surface area contributed by atoms with Gasteiger partial charge in [-0.2, -0.15) is 0 Å². The highest BCUT2D eigenvalue weighted by Gasteiger charge is 2.18. The number of carbonyl (C=O) groups is 2. The highest BCUT2D eigenvalue weighted by atomic mass is 16.2. The molecule has 3 heterocycles. The van der Waals surface area contributed by atoms with Gasteiger partial charge in [-0.1, -0.05) is 37.8 Å². The van der Waals surface area contributed by atoms with Crippen molar-refractivity contribution in [1.82, 2.24) is 30.6 Å². The van der Waals surface area contributed by atoms with Gasteiger partial charge in [-0.15, -0.1) is 0 Å². The Morgan fingerprint density at radius 3 is 1.36 bits per heavy atom. The van der Waals surface area contributed by atoms with Crippen LogP contribution in [0, 0.1) is 0 Å². The SMILES string of the molecule is NCCCCCCNC(=O)c1ccc2c(n1)c1nc(C(=O)NCCCCCCN)ccc1c1nc3ccccc3nc21. The van der Waals surface area contributed by atoms with Gasteiger partial charge in [0.25, 0.3) is 11.8 Å². The number of nitrogens with zero attached hydrogens (tertiary/aromatic N) is 4. The number of carbonyl (C=O) groups excluding carboxylic acids is 2. The van der Waals surface area contributed by atoms with Crippen LogP contribution in [0.5, 0.6) is 0 Å². The van der Waals surface area contributed by atoms with E-state index in [2.05, 4.69) is 10.6 Å². The van der Waals surface area contributed by atoms with Crippen LogP contribution in [0.3, 0.4) is 0 Å². The molecule has 0 spiro atoms. The van der Waals surface area contributed by atoms with Crippen molar-refractivity contribution in [2.75, 3.05) is 26.2 Å². The van der Waals surface area contributed by atoms with Gasteiger partial charge in [-0.25, -0.2) is 19.9 Å². The number of nitrogens with one attached hydrogen (secondary N) is 2. The van der Waals surface area contributed by atoms with Gasteiger partial charge in [0.1, 0.15) is 11.4 Å². The van der Waals surface area contributed by atoms with Crippen molar-refractivity contribution >= 4 is 55.7 Å². The summed E-state index contributed by atoms with van der Waals surface area (Å²) in [5, 5.41) is 7.38. The Balaban J connectivity index is 1.51. The summed E-state index contributed by atoms with van der Waals surface area (Å²) in [6.45, 7) is 2.49. The van der Waals surface area contributed by atoms with Gasteiger partial charge in [-0.3, -0.25) is 9.59 Å². The first-order valence-electron chi connectivity index (χ1n) is 14.9. The Labute approximate surface area is 244 Å². The third-order valence-corrected chi connectivity index (χ3v) is 7.39. The molecule has 0 aliphatic heterocycles. The van der Waals surface area contributed by atoms with Crippen LogP contribution in [-0.2, 0) is 0 Å². The standard InChI is InChI=1S/C32H38N8O2/c33-17-7-1-3-9-19-35-31(41)25-15-13-21-27-28(38-24-12-6-5-11-23(24)37-27)22-14-16-26(40-30(22)29(21)39-25)32(42)36-20-10-4-2-8-18-34/h5-6,11-16H,1-4,7-10,17-20,33-34H2,(H,35,41)(H,36,42). The molecule has 10 nitrogen and oxygen atoms in total. The second-order valence-corrected chi connectivity index (χ2v) is 10.5. The highest BCUT2D eigenvalue weighted by Crippen LogP contribution is 2.32. The number of amides is 2. The summed E-state index contributed by atoms with van der Waals surface area (Å²) in [6, 6.07) is 14.8. The van der Waals surface area contributed by atoms with Gasteiger partial charge < -0.3 is 22.1 Å². The molecule has 42 heavy (non-hydrogen) atoms. The number of para-hydroxylation sites is 2. The number of pyridine rings is 2. The zero-order chi connectivity index (χ0) is 29.3. The van der Waals surface area contributed by atoms with E-state index in [0.717, 1.165) is 73.2 Å². The molecule has 0 aliphatic carbocycles. The number of rotatable bonds is 14. The van der Waals surface area contributed by atoms with Gasteiger partial charge in [0.2, 0.25) is 0 Å². The summed E-state index contributed by atoms with van der Waals surface area (Å²) in [6.07, 6.45) is 7.84. The minimum Gasteiger partial charge on any atom is -0.351 e. The molecule has 2 amide bonds. The van der Waals surface area contributed by atoms with Crippen LogP contribution in [0.4, 0.5) is 0 Å². The normalized spacial score (nSPS) is 11.5. The molecule has 0 radical (unpaired) electrons. The van der Waals surface area contributed by atoms with Crippen molar-refractivity contribution in [2.45, 2.75) is 51.4 Å².